The molecular weight excluding hydrogens is 348 g/mol. The van der Waals surface area contributed by atoms with E-state index in [9.17, 15) is 0 Å². The zero-order chi connectivity index (χ0) is 20.2. The normalized spacial score (nSPS) is 22.9. The molecule has 0 heterocycles. The van der Waals surface area contributed by atoms with Crippen LogP contribution in [0.4, 0.5) is 5.69 Å². The highest BCUT2D eigenvalue weighted by atomic mass is 32.1. The first-order chi connectivity index (χ1) is 12.7. The fraction of sp³-hybridized carbons (Fsp3) is 0.708. The van der Waals surface area contributed by atoms with Crippen LogP contribution in [0, 0.1) is 11.3 Å². The van der Waals surface area contributed by atoms with Gasteiger partial charge in [-0.15, -0.1) is 0 Å². The Balaban J connectivity index is 2.17. The summed E-state index contributed by atoms with van der Waals surface area (Å²) >= 11 is 5.73. The monoisotopic (exact) mass is 388 g/mol. The van der Waals surface area contributed by atoms with E-state index in [1.54, 1.807) is 0 Å². The van der Waals surface area contributed by atoms with Crippen LogP contribution >= 0.6 is 12.2 Å². The fourth-order valence-electron chi connectivity index (χ4n) is 4.82. The lowest BCUT2D eigenvalue weighted by molar-refractivity contribution is 0.162. The van der Waals surface area contributed by atoms with E-state index < -0.39 is 0 Å². The maximum absolute atomic E-state index is 5.73. The maximum atomic E-state index is 5.73. The van der Waals surface area contributed by atoms with Crippen molar-refractivity contribution in [2.24, 2.45) is 11.3 Å². The molecule has 3 unspecified atom stereocenters. The molecule has 2 rings (SSSR count). The van der Waals surface area contributed by atoms with Gasteiger partial charge >= 0.3 is 0 Å². The van der Waals surface area contributed by atoms with E-state index in [0.717, 1.165) is 23.9 Å². The van der Waals surface area contributed by atoms with Crippen molar-refractivity contribution >= 4 is 23.0 Å². The van der Waals surface area contributed by atoms with Crippen LogP contribution in [0.15, 0.2) is 12.1 Å². The van der Waals surface area contributed by atoms with Gasteiger partial charge in [-0.3, -0.25) is 0 Å². The van der Waals surface area contributed by atoms with E-state index in [0.29, 0.717) is 17.4 Å². The number of anilines is 1. The number of hydrogen-bond donors (Lipinski definition) is 2. The minimum absolute atomic E-state index is 0.395. The molecule has 2 nitrogen and oxygen atoms in total. The smallest absolute Gasteiger partial charge is 0.171 e. The van der Waals surface area contributed by atoms with Crippen molar-refractivity contribution in [2.45, 2.75) is 99.0 Å². The summed E-state index contributed by atoms with van der Waals surface area (Å²) in [6, 6.07) is 5.23. The largest absolute Gasteiger partial charge is 0.360 e. The van der Waals surface area contributed by atoms with Crippen LogP contribution in [0.25, 0.3) is 0 Å². The van der Waals surface area contributed by atoms with Crippen LogP contribution < -0.4 is 10.6 Å². The third-order valence-corrected chi connectivity index (χ3v) is 6.45. The van der Waals surface area contributed by atoms with E-state index in [1.165, 1.54) is 48.1 Å². The quantitative estimate of drug-likeness (QED) is 0.522. The van der Waals surface area contributed by atoms with E-state index in [1.807, 2.05) is 0 Å². The average molecular weight is 389 g/mol. The Hall–Kier alpha value is -1.09. The first kappa shape index (κ1) is 22.2. The Morgan fingerprint density at radius 3 is 2.22 bits per heavy atom. The number of aryl methyl sites for hydroxylation is 2. The molecule has 2 N–H and O–H groups in total. The third-order valence-electron chi connectivity index (χ3n) is 6.23. The summed E-state index contributed by atoms with van der Waals surface area (Å²) in [5, 5.41) is 7.98. The van der Waals surface area contributed by atoms with Gasteiger partial charge in [-0.1, -0.05) is 60.6 Å². The van der Waals surface area contributed by atoms with Gasteiger partial charge in [0, 0.05) is 11.7 Å². The van der Waals surface area contributed by atoms with Gasteiger partial charge in [-0.05, 0) is 84.7 Å². The van der Waals surface area contributed by atoms with Crippen molar-refractivity contribution in [2.75, 3.05) is 5.32 Å². The van der Waals surface area contributed by atoms with E-state index in [2.05, 4.69) is 71.2 Å². The van der Waals surface area contributed by atoms with Crippen LogP contribution in [-0.4, -0.2) is 11.2 Å². The lowest BCUT2D eigenvalue weighted by Gasteiger charge is -2.39. The summed E-state index contributed by atoms with van der Waals surface area (Å²) in [7, 11) is 0. The first-order valence-electron chi connectivity index (χ1n) is 10.9. The summed E-state index contributed by atoms with van der Waals surface area (Å²) < 4.78 is 0. The highest BCUT2D eigenvalue weighted by Gasteiger charge is 2.32. The van der Waals surface area contributed by atoms with Crippen LogP contribution in [0.5, 0.6) is 0 Å². The molecule has 0 aliphatic heterocycles. The van der Waals surface area contributed by atoms with Crippen LogP contribution in [0.3, 0.4) is 0 Å². The molecule has 1 aromatic rings. The molecule has 1 aliphatic rings. The second-order valence-electron chi connectivity index (χ2n) is 9.44. The topological polar surface area (TPSA) is 24.1 Å². The first-order valence-corrected chi connectivity index (χ1v) is 11.3. The molecule has 1 fully saturated rings. The number of rotatable bonds is 6. The second kappa shape index (κ2) is 9.41. The number of thiocarbonyl (C=S) groups is 1. The van der Waals surface area contributed by atoms with Crippen LogP contribution in [0.2, 0.25) is 0 Å². The van der Waals surface area contributed by atoms with E-state index in [4.69, 9.17) is 12.2 Å². The van der Waals surface area contributed by atoms with E-state index in [-0.39, 0.29) is 0 Å². The zero-order valence-electron chi connectivity index (χ0n) is 18.5. The molecule has 0 saturated heterocycles. The molecular formula is C24H40N2S. The number of benzene rings is 1. The third kappa shape index (κ3) is 5.94. The Morgan fingerprint density at radius 1 is 1.15 bits per heavy atom. The SMILES string of the molecule is CCc1cc(C(C)CC)cc(CC)c1NC(=S)NC1CC(C)CC(C)(C)C1. The van der Waals surface area contributed by atoms with Gasteiger partial charge in [0.2, 0.25) is 0 Å². The molecule has 1 aromatic carbocycles. The van der Waals surface area contributed by atoms with Gasteiger partial charge < -0.3 is 10.6 Å². The maximum Gasteiger partial charge on any atom is 0.171 e. The summed E-state index contributed by atoms with van der Waals surface area (Å²) in [4.78, 5) is 0. The summed E-state index contributed by atoms with van der Waals surface area (Å²) in [6.45, 7) is 16.2. The Morgan fingerprint density at radius 2 is 1.74 bits per heavy atom. The molecule has 152 valence electrons. The second-order valence-corrected chi connectivity index (χ2v) is 9.85. The predicted octanol–water partition coefficient (Wildman–Crippen LogP) is 6.83. The van der Waals surface area contributed by atoms with Crippen molar-refractivity contribution in [3.05, 3.63) is 28.8 Å². The van der Waals surface area contributed by atoms with Crippen LogP contribution in [-0.2, 0) is 12.8 Å². The Kier molecular flexibility index (Phi) is 7.73. The molecule has 0 amide bonds. The van der Waals surface area contributed by atoms with Gasteiger partial charge in [0.1, 0.15) is 0 Å². The van der Waals surface area contributed by atoms with Crippen molar-refractivity contribution in [3.8, 4) is 0 Å². The van der Waals surface area contributed by atoms with Crippen molar-refractivity contribution in [3.63, 3.8) is 0 Å². The minimum atomic E-state index is 0.395. The molecule has 3 atom stereocenters. The lowest BCUT2D eigenvalue weighted by atomic mass is 9.71. The minimum Gasteiger partial charge on any atom is -0.360 e. The number of nitrogens with one attached hydrogen (secondary N) is 2. The molecule has 0 bridgehead atoms. The van der Waals surface area contributed by atoms with Gasteiger partial charge in [-0.25, -0.2) is 0 Å². The Bertz CT molecular complexity index is 625. The molecule has 1 saturated carbocycles. The highest BCUT2D eigenvalue weighted by molar-refractivity contribution is 7.80. The van der Waals surface area contributed by atoms with Gasteiger partial charge in [0.05, 0.1) is 0 Å². The summed E-state index contributed by atoms with van der Waals surface area (Å²) in [6.07, 6.45) is 6.93. The van der Waals surface area contributed by atoms with E-state index >= 15 is 0 Å². The van der Waals surface area contributed by atoms with Crippen molar-refractivity contribution in [1.82, 2.24) is 5.32 Å². The molecule has 0 radical (unpaired) electrons. The summed E-state index contributed by atoms with van der Waals surface area (Å²) in [5.41, 5.74) is 5.84. The lowest BCUT2D eigenvalue weighted by Crippen LogP contribution is -2.44. The average Bonchev–Trinajstić information content (AvgIpc) is 2.58. The predicted molar refractivity (Wildman–Crippen MR) is 124 cm³/mol. The Labute approximate surface area is 172 Å². The zero-order valence-corrected chi connectivity index (χ0v) is 19.4. The highest BCUT2D eigenvalue weighted by Crippen LogP contribution is 2.38. The fourth-order valence-corrected chi connectivity index (χ4v) is 5.09. The van der Waals surface area contributed by atoms with Gasteiger partial charge in [0.15, 0.2) is 5.11 Å². The van der Waals surface area contributed by atoms with Gasteiger partial charge in [-0.2, -0.15) is 0 Å². The molecule has 0 aromatic heterocycles. The van der Waals surface area contributed by atoms with Crippen molar-refractivity contribution in [1.29, 1.82) is 0 Å². The van der Waals surface area contributed by atoms with Gasteiger partial charge in [0.25, 0.3) is 0 Å². The molecule has 27 heavy (non-hydrogen) atoms. The molecule has 1 aliphatic carbocycles. The van der Waals surface area contributed by atoms with Crippen LogP contribution in [0.1, 0.15) is 96.8 Å². The number of hydrogen-bond acceptors (Lipinski definition) is 1. The molecule has 0 spiro atoms. The molecule has 3 heteroatoms. The standard InChI is InChI=1S/C24H40N2S/c1-8-17(5)20-12-18(9-2)22(19(10-3)13-20)26-23(27)25-21-11-16(4)14-24(6,7)15-21/h12-13,16-17,21H,8-11,14-15H2,1-7H3,(H2,25,26,27). The summed E-state index contributed by atoms with van der Waals surface area (Å²) in [5.74, 6) is 1.35. The van der Waals surface area contributed by atoms with Crippen molar-refractivity contribution < 1.29 is 0 Å².